The highest BCUT2D eigenvalue weighted by Crippen LogP contribution is 1.91. The Labute approximate surface area is 61.7 Å². The Morgan fingerprint density at radius 3 is 2.70 bits per heavy atom. The first-order valence-electron chi connectivity index (χ1n) is 3.43. The van der Waals surface area contributed by atoms with Gasteiger partial charge < -0.3 is 0 Å². The van der Waals surface area contributed by atoms with E-state index in [0.29, 0.717) is 6.41 Å². The van der Waals surface area contributed by atoms with Crippen molar-refractivity contribution in [3.05, 3.63) is 0 Å². The minimum absolute atomic E-state index is 0.694. The normalized spacial score (nSPS) is 11.3. The minimum atomic E-state index is 0.694. The lowest BCUT2D eigenvalue weighted by Gasteiger charge is -2.03. The molecular formula is C7H14N2O. The van der Waals surface area contributed by atoms with Crippen molar-refractivity contribution in [2.45, 2.75) is 26.7 Å². The first kappa shape index (κ1) is 9.14. The highest BCUT2D eigenvalue weighted by Gasteiger charge is 1.90. The third-order valence-electron chi connectivity index (χ3n) is 1.09. The molecule has 0 spiro atoms. The first-order chi connectivity index (χ1) is 4.70. The second-order valence-corrected chi connectivity index (χ2v) is 2.26. The van der Waals surface area contributed by atoms with E-state index in [1.54, 1.807) is 7.05 Å². The number of hydrazone groups is 1. The molecule has 0 radical (unpaired) electrons. The zero-order valence-electron chi connectivity index (χ0n) is 6.79. The van der Waals surface area contributed by atoms with E-state index >= 15 is 0 Å². The van der Waals surface area contributed by atoms with Crippen molar-refractivity contribution in [2.75, 3.05) is 7.05 Å². The number of nitrogens with zero attached hydrogens (tertiary/aromatic N) is 2. The van der Waals surface area contributed by atoms with Gasteiger partial charge in [-0.1, -0.05) is 13.3 Å². The molecule has 0 aromatic carbocycles. The molecule has 0 heterocycles. The van der Waals surface area contributed by atoms with Gasteiger partial charge in [0.15, 0.2) is 0 Å². The van der Waals surface area contributed by atoms with Gasteiger partial charge in [0, 0.05) is 12.8 Å². The molecule has 0 saturated heterocycles. The molecule has 0 aliphatic rings. The quantitative estimate of drug-likeness (QED) is 0.330. The van der Waals surface area contributed by atoms with E-state index in [1.165, 1.54) is 5.01 Å². The Hall–Kier alpha value is -0.860. The van der Waals surface area contributed by atoms with Gasteiger partial charge in [-0.05, 0) is 13.3 Å². The molecule has 0 fully saturated rings. The maximum absolute atomic E-state index is 10.1. The van der Waals surface area contributed by atoms with E-state index < -0.39 is 0 Å². The van der Waals surface area contributed by atoms with Gasteiger partial charge >= 0.3 is 0 Å². The van der Waals surface area contributed by atoms with Gasteiger partial charge in [-0.2, -0.15) is 5.10 Å². The molecular weight excluding hydrogens is 128 g/mol. The number of hydrogen-bond acceptors (Lipinski definition) is 2. The van der Waals surface area contributed by atoms with Gasteiger partial charge in [-0.15, -0.1) is 0 Å². The minimum Gasteiger partial charge on any atom is -0.277 e. The largest absolute Gasteiger partial charge is 0.277 e. The summed E-state index contributed by atoms with van der Waals surface area (Å²) in [5, 5.41) is 5.25. The molecule has 0 saturated carbocycles. The molecule has 0 rings (SSSR count). The van der Waals surface area contributed by atoms with Crippen molar-refractivity contribution in [2.24, 2.45) is 5.10 Å². The smallest absolute Gasteiger partial charge is 0.229 e. The summed E-state index contributed by atoms with van der Waals surface area (Å²) in [6, 6.07) is 0. The van der Waals surface area contributed by atoms with Crippen LogP contribution in [0.5, 0.6) is 0 Å². The van der Waals surface area contributed by atoms with Crippen molar-refractivity contribution in [1.82, 2.24) is 5.01 Å². The molecule has 10 heavy (non-hydrogen) atoms. The van der Waals surface area contributed by atoms with Gasteiger partial charge in [0.1, 0.15) is 0 Å². The van der Waals surface area contributed by atoms with Crippen molar-refractivity contribution >= 4 is 12.1 Å². The highest BCUT2D eigenvalue weighted by atomic mass is 16.1. The van der Waals surface area contributed by atoms with Crippen molar-refractivity contribution < 1.29 is 4.79 Å². The summed E-state index contributed by atoms with van der Waals surface area (Å²) in [6.07, 6.45) is 2.72. The van der Waals surface area contributed by atoms with Crippen LogP contribution in [0.2, 0.25) is 0 Å². The second-order valence-electron chi connectivity index (χ2n) is 2.26. The zero-order valence-corrected chi connectivity index (χ0v) is 6.79. The molecule has 0 N–H and O–H groups in total. The Kier molecular flexibility index (Phi) is 4.54. The van der Waals surface area contributed by atoms with E-state index in [0.717, 1.165) is 18.6 Å². The lowest BCUT2D eigenvalue weighted by molar-refractivity contribution is -0.117. The number of carbonyl (C=O) groups excluding carboxylic acids is 1. The maximum Gasteiger partial charge on any atom is 0.229 e. The van der Waals surface area contributed by atoms with Crippen LogP contribution in [0.3, 0.4) is 0 Å². The standard InChI is InChI=1S/C7H14N2O/c1-4-5-7(2)8-9(3)6-10/h6H,4-5H2,1-3H3. The van der Waals surface area contributed by atoms with Crippen LogP contribution in [0.25, 0.3) is 0 Å². The number of hydrogen-bond donors (Lipinski definition) is 0. The second kappa shape index (κ2) is 4.97. The van der Waals surface area contributed by atoms with Crippen molar-refractivity contribution in [3.8, 4) is 0 Å². The molecule has 0 unspecified atom stereocenters. The van der Waals surface area contributed by atoms with Gasteiger partial charge in [0.2, 0.25) is 6.41 Å². The Bertz CT molecular complexity index is 132. The molecule has 0 atom stereocenters. The predicted octanol–water partition coefficient (Wildman–Crippen LogP) is 1.25. The lowest BCUT2D eigenvalue weighted by atomic mass is 10.2. The zero-order chi connectivity index (χ0) is 7.98. The third kappa shape index (κ3) is 4.06. The highest BCUT2D eigenvalue weighted by molar-refractivity contribution is 5.82. The van der Waals surface area contributed by atoms with Crippen LogP contribution in [-0.4, -0.2) is 24.2 Å². The van der Waals surface area contributed by atoms with Crippen molar-refractivity contribution in [3.63, 3.8) is 0 Å². The lowest BCUT2D eigenvalue weighted by Crippen LogP contribution is -2.10. The summed E-state index contributed by atoms with van der Waals surface area (Å²) < 4.78 is 0. The molecule has 1 amide bonds. The monoisotopic (exact) mass is 142 g/mol. The topological polar surface area (TPSA) is 32.7 Å². The SMILES string of the molecule is CCCC(C)=NN(C)C=O. The summed E-state index contributed by atoms with van der Waals surface area (Å²) in [7, 11) is 1.63. The fourth-order valence-electron chi connectivity index (χ4n) is 0.705. The van der Waals surface area contributed by atoms with Gasteiger partial charge in [-0.3, -0.25) is 4.79 Å². The van der Waals surface area contributed by atoms with E-state index in [9.17, 15) is 4.79 Å². The van der Waals surface area contributed by atoms with Crippen LogP contribution in [-0.2, 0) is 4.79 Å². The average Bonchev–Trinajstić information content (AvgIpc) is 1.88. The molecule has 0 aliphatic carbocycles. The molecule has 0 aliphatic heterocycles. The van der Waals surface area contributed by atoms with Crippen LogP contribution < -0.4 is 0 Å². The van der Waals surface area contributed by atoms with Gasteiger partial charge in [-0.25, -0.2) is 5.01 Å². The summed E-state index contributed by atoms with van der Waals surface area (Å²) in [4.78, 5) is 10.1. The summed E-state index contributed by atoms with van der Waals surface area (Å²) >= 11 is 0. The van der Waals surface area contributed by atoms with Crippen LogP contribution in [0.1, 0.15) is 26.7 Å². The van der Waals surface area contributed by atoms with E-state index in [-0.39, 0.29) is 0 Å². The van der Waals surface area contributed by atoms with Gasteiger partial charge in [0.05, 0.1) is 0 Å². The molecule has 0 aromatic rings. The molecule has 0 bridgehead atoms. The first-order valence-corrected chi connectivity index (χ1v) is 3.43. The number of carbonyl (C=O) groups is 1. The molecule has 3 heteroatoms. The molecule has 58 valence electrons. The average molecular weight is 142 g/mol. The number of rotatable bonds is 4. The Balaban J connectivity index is 3.76. The maximum atomic E-state index is 10.1. The fraction of sp³-hybridized carbons (Fsp3) is 0.714. The summed E-state index contributed by atoms with van der Waals surface area (Å²) in [5.74, 6) is 0. The summed E-state index contributed by atoms with van der Waals surface area (Å²) in [6.45, 7) is 4.00. The van der Waals surface area contributed by atoms with Crippen molar-refractivity contribution in [1.29, 1.82) is 0 Å². The van der Waals surface area contributed by atoms with E-state index in [2.05, 4.69) is 12.0 Å². The van der Waals surface area contributed by atoms with E-state index in [1.807, 2.05) is 6.92 Å². The third-order valence-corrected chi connectivity index (χ3v) is 1.09. The fourth-order valence-corrected chi connectivity index (χ4v) is 0.705. The number of amides is 1. The predicted molar refractivity (Wildman–Crippen MR) is 41.8 cm³/mol. The van der Waals surface area contributed by atoms with Gasteiger partial charge in [0.25, 0.3) is 0 Å². The Morgan fingerprint density at radius 1 is 1.70 bits per heavy atom. The van der Waals surface area contributed by atoms with Crippen LogP contribution in [0, 0.1) is 0 Å². The van der Waals surface area contributed by atoms with Crippen LogP contribution in [0.15, 0.2) is 5.10 Å². The van der Waals surface area contributed by atoms with E-state index in [4.69, 9.17) is 0 Å². The Morgan fingerprint density at radius 2 is 2.30 bits per heavy atom. The molecule has 3 nitrogen and oxygen atoms in total. The van der Waals surface area contributed by atoms with Crippen LogP contribution in [0.4, 0.5) is 0 Å². The van der Waals surface area contributed by atoms with Crippen LogP contribution >= 0.6 is 0 Å². The summed E-state index contributed by atoms with van der Waals surface area (Å²) in [5.41, 5.74) is 0.997. The molecule has 0 aromatic heterocycles.